The van der Waals surface area contributed by atoms with Crippen LogP contribution in [0.3, 0.4) is 0 Å². The molecular weight excluding hydrogens is 256 g/mol. The summed E-state index contributed by atoms with van der Waals surface area (Å²) in [6.45, 7) is 4.99. The first-order valence-electron chi connectivity index (χ1n) is 5.42. The molecule has 0 bridgehead atoms. The van der Waals surface area contributed by atoms with Gasteiger partial charge in [0.25, 0.3) is 0 Å². The molecule has 0 radical (unpaired) electrons. The van der Waals surface area contributed by atoms with E-state index in [1.165, 1.54) is 0 Å². The normalized spacial score (nSPS) is 19.1. The van der Waals surface area contributed by atoms with Crippen molar-refractivity contribution in [1.29, 1.82) is 0 Å². The Bertz CT molecular complexity index is 462. The molecule has 3 nitrogen and oxygen atoms in total. The lowest BCUT2D eigenvalue weighted by atomic mass is 10.2. The zero-order valence-corrected chi connectivity index (χ0v) is 11.7. The van der Waals surface area contributed by atoms with E-state index in [4.69, 9.17) is 16.3 Å². The molecule has 1 aliphatic heterocycles. The summed E-state index contributed by atoms with van der Waals surface area (Å²) in [6, 6.07) is 3.80. The van der Waals surface area contributed by atoms with E-state index < -0.39 is 0 Å². The van der Waals surface area contributed by atoms with Crippen molar-refractivity contribution < 1.29 is 4.74 Å². The van der Waals surface area contributed by atoms with Gasteiger partial charge in [0, 0.05) is 16.3 Å². The minimum absolute atomic E-state index is 0.539. The lowest BCUT2D eigenvalue weighted by Crippen LogP contribution is -2.07. The molecule has 1 aromatic rings. The standard InChI is InChI=1S/C12H15ClN2OS/c1-7-4-10(11(16-3)5-9(7)13)15-12-14-6-8(2)17-12/h4-5,8H,6H2,1-3H3,(H,14,15). The molecule has 2 rings (SSSR count). The van der Waals surface area contributed by atoms with E-state index in [0.717, 1.165) is 28.7 Å². The third-order valence-corrected chi connectivity index (χ3v) is 3.94. The summed E-state index contributed by atoms with van der Waals surface area (Å²) in [4.78, 5) is 4.42. The van der Waals surface area contributed by atoms with Crippen LogP contribution < -0.4 is 10.1 Å². The Morgan fingerprint density at radius 3 is 2.88 bits per heavy atom. The largest absolute Gasteiger partial charge is 0.495 e. The number of thioether (sulfide) groups is 1. The number of nitrogens with zero attached hydrogens (tertiary/aromatic N) is 1. The monoisotopic (exact) mass is 270 g/mol. The number of halogens is 1. The molecule has 1 N–H and O–H groups in total. The number of rotatable bonds is 2. The molecule has 1 unspecified atom stereocenters. The van der Waals surface area contributed by atoms with Gasteiger partial charge < -0.3 is 10.1 Å². The summed E-state index contributed by atoms with van der Waals surface area (Å²) in [7, 11) is 1.64. The number of hydrogen-bond donors (Lipinski definition) is 1. The van der Waals surface area contributed by atoms with E-state index in [2.05, 4.69) is 17.2 Å². The fourth-order valence-corrected chi connectivity index (χ4v) is 2.59. The number of methoxy groups -OCH3 is 1. The molecule has 0 aromatic heterocycles. The van der Waals surface area contributed by atoms with E-state index in [9.17, 15) is 0 Å². The number of hydrogen-bond acceptors (Lipinski definition) is 4. The second kappa shape index (κ2) is 5.19. The number of ether oxygens (including phenoxy) is 1. The van der Waals surface area contributed by atoms with E-state index >= 15 is 0 Å². The van der Waals surface area contributed by atoms with Crippen molar-refractivity contribution in [2.75, 3.05) is 19.0 Å². The first-order chi connectivity index (χ1) is 8.10. The summed E-state index contributed by atoms with van der Waals surface area (Å²) < 4.78 is 5.31. The number of aliphatic imine (C=N–C) groups is 1. The average molecular weight is 271 g/mol. The topological polar surface area (TPSA) is 33.6 Å². The van der Waals surface area contributed by atoms with Crippen molar-refractivity contribution in [2.45, 2.75) is 19.1 Å². The number of anilines is 1. The smallest absolute Gasteiger partial charge is 0.161 e. The van der Waals surface area contributed by atoms with Gasteiger partial charge in [-0.25, -0.2) is 0 Å². The molecule has 1 aliphatic rings. The fourth-order valence-electron chi connectivity index (χ4n) is 1.59. The molecule has 1 atom stereocenters. The van der Waals surface area contributed by atoms with Gasteiger partial charge in [-0.05, 0) is 18.6 Å². The molecule has 5 heteroatoms. The molecule has 0 fully saturated rings. The van der Waals surface area contributed by atoms with Gasteiger partial charge in [-0.3, -0.25) is 4.99 Å². The number of benzene rings is 1. The highest BCUT2D eigenvalue weighted by Crippen LogP contribution is 2.32. The van der Waals surface area contributed by atoms with Gasteiger partial charge in [0.1, 0.15) is 5.75 Å². The van der Waals surface area contributed by atoms with Crippen LogP contribution in [0.25, 0.3) is 0 Å². The third kappa shape index (κ3) is 2.87. The van der Waals surface area contributed by atoms with Crippen LogP contribution in [0.2, 0.25) is 5.02 Å². The zero-order valence-electron chi connectivity index (χ0n) is 10.1. The minimum atomic E-state index is 0.539. The van der Waals surface area contributed by atoms with Crippen LogP contribution in [0.1, 0.15) is 12.5 Å². The number of aryl methyl sites for hydroxylation is 1. The maximum absolute atomic E-state index is 6.06. The Kier molecular flexibility index (Phi) is 3.84. The van der Waals surface area contributed by atoms with Crippen molar-refractivity contribution in [2.24, 2.45) is 4.99 Å². The zero-order chi connectivity index (χ0) is 12.4. The van der Waals surface area contributed by atoms with E-state index in [-0.39, 0.29) is 0 Å². The second-order valence-electron chi connectivity index (χ2n) is 4.00. The first-order valence-corrected chi connectivity index (χ1v) is 6.68. The molecule has 0 saturated carbocycles. The number of nitrogens with one attached hydrogen (secondary N) is 1. The fraction of sp³-hybridized carbons (Fsp3) is 0.417. The lowest BCUT2D eigenvalue weighted by molar-refractivity contribution is 0.417. The minimum Gasteiger partial charge on any atom is -0.495 e. The van der Waals surface area contributed by atoms with Crippen LogP contribution >= 0.6 is 23.4 Å². The Hall–Kier alpha value is -0.870. The van der Waals surface area contributed by atoms with Crippen molar-refractivity contribution in [3.8, 4) is 5.75 Å². The molecule has 17 heavy (non-hydrogen) atoms. The van der Waals surface area contributed by atoms with Gasteiger partial charge in [-0.15, -0.1) is 0 Å². The molecule has 1 heterocycles. The van der Waals surface area contributed by atoms with Crippen LogP contribution in [0.5, 0.6) is 5.75 Å². The summed E-state index contributed by atoms with van der Waals surface area (Å²) in [5.74, 6) is 0.739. The quantitative estimate of drug-likeness (QED) is 0.892. The van der Waals surface area contributed by atoms with Gasteiger partial charge in [0.2, 0.25) is 0 Å². The van der Waals surface area contributed by atoms with E-state index in [1.807, 2.05) is 19.1 Å². The molecule has 0 spiro atoms. The Balaban J connectivity index is 2.23. The summed E-state index contributed by atoms with van der Waals surface area (Å²) in [6.07, 6.45) is 0. The summed E-state index contributed by atoms with van der Waals surface area (Å²) >= 11 is 7.80. The second-order valence-corrected chi connectivity index (χ2v) is 5.84. The Morgan fingerprint density at radius 2 is 2.29 bits per heavy atom. The van der Waals surface area contributed by atoms with Crippen molar-refractivity contribution >= 4 is 34.2 Å². The van der Waals surface area contributed by atoms with Gasteiger partial charge in [0.05, 0.1) is 19.3 Å². The van der Waals surface area contributed by atoms with Crippen LogP contribution in [0, 0.1) is 6.92 Å². The SMILES string of the molecule is COc1cc(Cl)c(C)cc1NC1=NCC(C)S1. The van der Waals surface area contributed by atoms with Crippen LogP contribution in [-0.2, 0) is 0 Å². The molecule has 0 saturated heterocycles. The average Bonchev–Trinajstić information content (AvgIpc) is 2.69. The Labute approximate surface area is 111 Å². The number of amidine groups is 1. The third-order valence-electron chi connectivity index (χ3n) is 2.53. The van der Waals surface area contributed by atoms with E-state index in [0.29, 0.717) is 10.3 Å². The lowest BCUT2D eigenvalue weighted by Gasteiger charge is -2.12. The highest BCUT2D eigenvalue weighted by Gasteiger charge is 2.16. The molecule has 92 valence electrons. The van der Waals surface area contributed by atoms with Gasteiger partial charge in [-0.1, -0.05) is 30.3 Å². The van der Waals surface area contributed by atoms with Crippen molar-refractivity contribution in [3.05, 3.63) is 22.7 Å². The molecule has 1 aromatic carbocycles. The van der Waals surface area contributed by atoms with Crippen LogP contribution in [-0.4, -0.2) is 24.1 Å². The summed E-state index contributed by atoms with van der Waals surface area (Å²) in [5, 5.41) is 5.48. The predicted molar refractivity (Wildman–Crippen MR) is 75.7 cm³/mol. The molecule has 0 amide bonds. The van der Waals surface area contributed by atoms with E-state index in [1.54, 1.807) is 18.9 Å². The van der Waals surface area contributed by atoms with Crippen molar-refractivity contribution in [1.82, 2.24) is 0 Å². The summed E-state index contributed by atoms with van der Waals surface area (Å²) in [5.41, 5.74) is 1.93. The first kappa shape index (κ1) is 12.6. The predicted octanol–water partition coefficient (Wildman–Crippen LogP) is 3.56. The maximum atomic E-state index is 6.06. The maximum Gasteiger partial charge on any atom is 0.161 e. The highest BCUT2D eigenvalue weighted by molar-refractivity contribution is 8.15. The van der Waals surface area contributed by atoms with Gasteiger partial charge >= 0.3 is 0 Å². The van der Waals surface area contributed by atoms with Gasteiger partial charge in [0.15, 0.2) is 5.17 Å². The van der Waals surface area contributed by atoms with Crippen LogP contribution in [0.15, 0.2) is 17.1 Å². The van der Waals surface area contributed by atoms with Crippen LogP contribution in [0.4, 0.5) is 5.69 Å². The highest BCUT2D eigenvalue weighted by atomic mass is 35.5. The van der Waals surface area contributed by atoms with Gasteiger partial charge in [-0.2, -0.15) is 0 Å². The molecular formula is C12H15ClN2OS. The Morgan fingerprint density at radius 1 is 1.53 bits per heavy atom. The van der Waals surface area contributed by atoms with Crippen molar-refractivity contribution in [3.63, 3.8) is 0 Å². The molecule has 0 aliphatic carbocycles.